The van der Waals surface area contributed by atoms with E-state index in [9.17, 15) is 4.39 Å². The summed E-state index contributed by atoms with van der Waals surface area (Å²) >= 11 is 0. The van der Waals surface area contributed by atoms with Gasteiger partial charge in [0, 0.05) is 50.5 Å². The van der Waals surface area contributed by atoms with Gasteiger partial charge in [-0.3, -0.25) is 0 Å². The van der Waals surface area contributed by atoms with Crippen LogP contribution >= 0.6 is 0 Å². The van der Waals surface area contributed by atoms with Crippen molar-refractivity contribution in [2.24, 2.45) is 0 Å². The highest BCUT2D eigenvalue weighted by Gasteiger charge is 2.21. The Kier molecular flexibility index (Phi) is 5.05. The van der Waals surface area contributed by atoms with Crippen molar-refractivity contribution in [1.82, 2.24) is 24.6 Å². The number of benzene rings is 1. The zero-order valence-electron chi connectivity index (χ0n) is 18.6. The summed E-state index contributed by atoms with van der Waals surface area (Å²) in [5.41, 5.74) is 3.99. The molecule has 4 aromatic rings. The quantitative estimate of drug-likeness (QED) is 0.507. The number of fused-ring (bicyclic) bond motifs is 2. The Labute approximate surface area is 190 Å². The maximum atomic E-state index is 13.8. The third-order valence-corrected chi connectivity index (χ3v) is 6.46. The molecule has 0 bridgehead atoms. The van der Waals surface area contributed by atoms with E-state index in [2.05, 4.69) is 21.3 Å². The van der Waals surface area contributed by atoms with Gasteiger partial charge in [0.05, 0.1) is 16.7 Å². The molecule has 2 aliphatic rings. The second-order valence-corrected chi connectivity index (χ2v) is 8.81. The number of aromatic nitrogens is 5. The number of rotatable bonds is 4. The maximum Gasteiger partial charge on any atom is 0.160 e. The molecule has 33 heavy (non-hydrogen) atoms. The first-order chi connectivity index (χ1) is 16.1. The van der Waals surface area contributed by atoms with Crippen LogP contribution in [0.5, 0.6) is 0 Å². The second kappa shape index (κ2) is 8.22. The second-order valence-electron chi connectivity index (χ2n) is 8.81. The van der Waals surface area contributed by atoms with E-state index >= 15 is 0 Å². The lowest BCUT2D eigenvalue weighted by molar-refractivity contribution is 0.0903. The highest BCUT2D eigenvalue weighted by molar-refractivity contribution is 5.78. The van der Waals surface area contributed by atoms with E-state index in [1.54, 1.807) is 6.07 Å². The highest BCUT2D eigenvalue weighted by atomic mass is 19.1. The van der Waals surface area contributed by atoms with Crippen LogP contribution in [0.25, 0.3) is 28.1 Å². The number of halogens is 1. The van der Waals surface area contributed by atoms with E-state index in [1.807, 2.05) is 17.5 Å². The lowest BCUT2D eigenvalue weighted by Crippen LogP contribution is -2.29. The van der Waals surface area contributed by atoms with E-state index in [4.69, 9.17) is 19.8 Å². The van der Waals surface area contributed by atoms with E-state index in [0.717, 1.165) is 62.1 Å². The molecule has 0 atom stereocenters. The molecule has 0 radical (unpaired) electrons. The fourth-order valence-electron chi connectivity index (χ4n) is 4.70. The van der Waals surface area contributed by atoms with Crippen LogP contribution in [-0.4, -0.2) is 56.9 Å². The molecular formula is C24H26FN7O. The molecule has 5 heterocycles. The average Bonchev–Trinajstić information content (AvgIpc) is 3.50. The van der Waals surface area contributed by atoms with Crippen LogP contribution in [0.4, 0.5) is 16.0 Å². The predicted octanol–water partition coefficient (Wildman–Crippen LogP) is 3.98. The summed E-state index contributed by atoms with van der Waals surface area (Å²) in [6.45, 7) is 5.46. The molecule has 6 rings (SSSR count). The summed E-state index contributed by atoms with van der Waals surface area (Å²) in [6.07, 6.45) is 4.28. The largest absolute Gasteiger partial charge is 0.381 e. The van der Waals surface area contributed by atoms with Crippen LogP contribution < -0.4 is 10.2 Å². The number of aryl methyl sites for hydroxylation is 1. The van der Waals surface area contributed by atoms with Crippen molar-refractivity contribution in [2.75, 3.05) is 36.5 Å². The number of ether oxygens (including phenoxy) is 1. The monoisotopic (exact) mass is 447 g/mol. The van der Waals surface area contributed by atoms with Crippen molar-refractivity contribution < 1.29 is 9.13 Å². The molecular weight excluding hydrogens is 421 g/mol. The van der Waals surface area contributed by atoms with E-state index in [-0.39, 0.29) is 5.82 Å². The minimum atomic E-state index is -0.332. The Morgan fingerprint density at radius 1 is 1.00 bits per heavy atom. The molecule has 0 aliphatic carbocycles. The lowest BCUT2D eigenvalue weighted by atomic mass is 10.1. The molecule has 1 N–H and O–H groups in total. The topological polar surface area (TPSA) is 80.5 Å². The molecule has 2 aliphatic heterocycles. The third kappa shape index (κ3) is 3.86. The zero-order chi connectivity index (χ0) is 22.4. The fraction of sp³-hybridized carbons (Fsp3) is 0.417. The standard InChI is InChI=1S/C24H26FN7O/c1-15-24(28-19-12-16(25)4-5-18(19)26-15)20-13-22-29-21(31-8-2-3-9-31)14-23(32(22)30-20)27-17-6-10-33-11-7-17/h4-5,12-14,17,27H,2-3,6-11H2,1H3. The molecule has 2 saturated heterocycles. The molecule has 0 spiro atoms. The summed E-state index contributed by atoms with van der Waals surface area (Å²) in [4.78, 5) is 16.6. The Morgan fingerprint density at radius 3 is 2.64 bits per heavy atom. The van der Waals surface area contributed by atoms with Gasteiger partial charge in [0.2, 0.25) is 0 Å². The summed E-state index contributed by atoms with van der Waals surface area (Å²) in [6, 6.07) is 8.82. The Bertz CT molecular complexity index is 1330. The van der Waals surface area contributed by atoms with Gasteiger partial charge in [-0.05, 0) is 44.7 Å². The van der Waals surface area contributed by atoms with Gasteiger partial charge in [-0.25, -0.2) is 19.3 Å². The van der Waals surface area contributed by atoms with Gasteiger partial charge in [-0.1, -0.05) is 0 Å². The number of anilines is 2. The van der Waals surface area contributed by atoms with Gasteiger partial charge < -0.3 is 15.0 Å². The van der Waals surface area contributed by atoms with Gasteiger partial charge in [0.25, 0.3) is 0 Å². The van der Waals surface area contributed by atoms with Crippen LogP contribution in [0, 0.1) is 12.7 Å². The minimum Gasteiger partial charge on any atom is -0.381 e. The first kappa shape index (κ1) is 20.3. The van der Waals surface area contributed by atoms with Gasteiger partial charge >= 0.3 is 0 Å². The lowest BCUT2D eigenvalue weighted by Gasteiger charge is -2.25. The normalized spacial score (nSPS) is 17.3. The van der Waals surface area contributed by atoms with Crippen molar-refractivity contribution >= 4 is 28.3 Å². The molecule has 2 fully saturated rings. The Morgan fingerprint density at radius 2 is 1.82 bits per heavy atom. The van der Waals surface area contributed by atoms with Crippen molar-refractivity contribution in [3.05, 3.63) is 41.8 Å². The van der Waals surface area contributed by atoms with Gasteiger partial charge in [-0.15, -0.1) is 0 Å². The maximum absolute atomic E-state index is 13.8. The van der Waals surface area contributed by atoms with Gasteiger partial charge in [0.15, 0.2) is 5.65 Å². The third-order valence-electron chi connectivity index (χ3n) is 6.46. The first-order valence-electron chi connectivity index (χ1n) is 11.6. The molecule has 0 unspecified atom stereocenters. The number of nitrogens with zero attached hydrogens (tertiary/aromatic N) is 6. The van der Waals surface area contributed by atoms with Crippen molar-refractivity contribution in [3.8, 4) is 11.4 Å². The Hall–Kier alpha value is -3.33. The zero-order valence-corrected chi connectivity index (χ0v) is 18.6. The molecule has 9 heteroatoms. The number of nitrogens with one attached hydrogen (secondary N) is 1. The number of hydrogen-bond acceptors (Lipinski definition) is 7. The van der Waals surface area contributed by atoms with Gasteiger partial charge in [0.1, 0.15) is 28.8 Å². The predicted molar refractivity (Wildman–Crippen MR) is 125 cm³/mol. The summed E-state index contributed by atoms with van der Waals surface area (Å²) in [5, 5.41) is 8.52. The van der Waals surface area contributed by atoms with Gasteiger partial charge in [-0.2, -0.15) is 9.61 Å². The molecule has 3 aromatic heterocycles. The summed E-state index contributed by atoms with van der Waals surface area (Å²) in [7, 11) is 0. The fourth-order valence-corrected chi connectivity index (χ4v) is 4.70. The molecule has 8 nitrogen and oxygen atoms in total. The summed E-state index contributed by atoms with van der Waals surface area (Å²) < 4.78 is 21.2. The van der Waals surface area contributed by atoms with Crippen LogP contribution in [0.15, 0.2) is 30.3 Å². The van der Waals surface area contributed by atoms with Crippen LogP contribution in [0.2, 0.25) is 0 Å². The summed E-state index contributed by atoms with van der Waals surface area (Å²) in [5.74, 6) is 1.54. The van der Waals surface area contributed by atoms with Crippen molar-refractivity contribution in [2.45, 2.75) is 38.6 Å². The highest BCUT2D eigenvalue weighted by Crippen LogP contribution is 2.28. The SMILES string of the molecule is Cc1nc2ccc(F)cc2nc1-c1cc2nc(N3CCCC3)cc(NC3CCOCC3)n2n1. The minimum absolute atomic E-state index is 0.327. The molecule has 0 saturated carbocycles. The van der Waals surface area contributed by atoms with E-state index in [0.29, 0.717) is 28.5 Å². The van der Waals surface area contributed by atoms with Crippen LogP contribution in [-0.2, 0) is 4.74 Å². The average molecular weight is 448 g/mol. The smallest absolute Gasteiger partial charge is 0.160 e. The Balaban J connectivity index is 1.46. The van der Waals surface area contributed by atoms with Crippen molar-refractivity contribution in [3.63, 3.8) is 0 Å². The first-order valence-corrected chi connectivity index (χ1v) is 11.6. The molecule has 0 amide bonds. The van der Waals surface area contributed by atoms with E-state index < -0.39 is 0 Å². The van der Waals surface area contributed by atoms with Crippen LogP contribution in [0.1, 0.15) is 31.4 Å². The van der Waals surface area contributed by atoms with Crippen LogP contribution in [0.3, 0.4) is 0 Å². The van der Waals surface area contributed by atoms with E-state index in [1.165, 1.54) is 25.0 Å². The molecule has 1 aromatic carbocycles. The number of hydrogen-bond donors (Lipinski definition) is 1. The van der Waals surface area contributed by atoms with Crippen molar-refractivity contribution in [1.29, 1.82) is 0 Å². The molecule has 170 valence electrons.